The van der Waals surface area contributed by atoms with Crippen LogP contribution < -0.4 is 0 Å². The van der Waals surface area contributed by atoms with Gasteiger partial charge in [0.2, 0.25) is 11.8 Å². The average molecular weight is 197 g/mol. The van der Waals surface area contributed by atoms with Crippen LogP contribution in [0, 0.1) is 5.41 Å². The Labute approximate surface area is 85.5 Å². The molecule has 14 heavy (non-hydrogen) atoms. The molecule has 2 amide bonds. The first kappa shape index (κ1) is 11.2. The Morgan fingerprint density at radius 2 is 1.64 bits per heavy atom. The van der Waals surface area contributed by atoms with E-state index in [-0.39, 0.29) is 17.2 Å². The number of rotatable bonds is 2. The van der Waals surface area contributed by atoms with E-state index in [9.17, 15) is 9.59 Å². The first-order valence-electron chi connectivity index (χ1n) is 5.23. The molecule has 0 atom stereocenters. The molecule has 0 aromatic carbocycles. The molecule has 0 radical (unpaired) electrons. The molecule has 0 aromatic rings. The first-order valence-corrected chi connectivity index (χ1v) is 5.23. The Hall–Kier alpha value is -0.860. The van der Waals surface area contributed by atoms with Crippen molar-refractivity contribution in [3.05, 3.63) is 0 Å². The number of likely N-dealkylation sites (tertiary alicyclic amines) is 1. The second kappa shape index (κ2) is 4.11. The lowest BCUT2D eigenvalue weighted by Gasteiger charge is -2.28. The van der Waals surface area contributed by atoms with Gasteiger partial charge in [0.05, 0.1) is 0 Å². The number of nitrogens with zero attached hydrogens (tertiary/aromatic N) is 1. The minimum Gasteiger partial charge on any atom is -0.283 e. The largest absolute Gasteiger partial charge is 0.283 e. The van der Waals surface area contributed by atoms with Crippen molar-refractivity contribution in [3.63, 3.8) is 0 Å². The zero-order valence-electron chi connectivity index (χ0n) is 9.30. The Kier molecular flexibility index (Phi) is 3.29. The quantitative estimate of drug-likeness (QED) is 0.635. The summed E-state index contributed by atoms with van der Waals surface area (Å²) in [5.41, 5.74) is 0.179. The molecule has 0 aromatic heterocycles. The van der Waals surface area contributed by atoms with E-state index < -0.39 is 0 Å². The minimum atomic E-state index is 0.00509. The Balaban J connectivity index is 2.49. The van der Waals surface area contributed by atoms with Crippen LogP contribution in [0.4, 0.5) is 0 Å². The molecule has 0 unspecified atom stereocenters. The normalized spacial score (nSPS) is 18.9. The van der Waals surface area contributed by atoms with Crippen molar-refractivity contribution >= 4 is 11.8 Å². The Bertz CT molecular complexity index is 224. The molecule has 0 aliphatic carbocycles. The molecule has 1 heterocycles. The lowest BCUT2D eigenvalue weighted by atomic mass is 9.91. The summed E-state index contributed by atoms with van der Waals surface area (Å²) in [5.74, 6) is 0.0102. The fourth-order valence-corrected chi connectivity index (χ4v) is 1.50. The highest BCUT2D eigenvalue weighted by molar-refractivity contribution is 5.97. The van der Waals surface area contributed by atoms with Crippen molar-refractivity contribution in [2.24, 2.45) is 5.41 Å². The van der Waals surface area contributed by atoms with Gasteiger partial charge in [-0.25, -0.2) is 0 Å². The Morgan fingerprint density at radius 3 is 2.07 bits per heavy atom. The SMILES string of the molecule is CC(C)(C)CCN1C(=O)CCCC1=O. The predicted molar refractivity (Wildman–Crippen MR) is 54.6 cm³/mol. The van der Waals surface area contributed by atoms with Crippen LogP contribution in [0.5, 0.6) is 0 Å². The van der Waals surface area contributed by atoms with E-state index in [0.29, 0.717) is 19.4 Å². The van der Waals surface area contributed by atoms with Gasteiger partial charge in [-0.3, -0.25) is 14.5 Å². The molecular formula is C11H19NO2. The van der Waals surface area contributed by atoms with Gasteiger partial charge in [0.15, 0.2) is 0 Å². The lowest BCUT2D eigenvalue weighted by Crippen LogP contribution is -2.41. The van der Waals surface area contributed by atoms with Crippen LogP contribution in [0.15, 0.2) is 0 Å². The van der Waals surface area contributed by atoms with Crippen LogP contribution in [-0.4, -0.2) is 23.3 Å². The average Bonchev–Trinajstić information content (AvgIpc) is 2.01. The van der Waals surface area contributed by atoms with Crippen LogP contribution in [-0.2, 0) is 9.59 Å². The molecule has 0 N–H and O–H groups in total. The van der Waals surface area contributed by atoms with Crippen LogP contribution in [0.3, 0.4) is 0 Å². The van der Waals surface area contributed by atoms with Crippen LogP contribution >= 0.6 is 0 Å². The maximum Gasteiger partial charge on any atom is 0.229 e. The molecule has 3 nitrogen and oxygen atoms in total. The number of carbonyl (C=O) groups excluding carboxylic acids is 2. The fourth-order valence-electron chi connectivity index (χ4n) is 1.50. The number of hydrogen-bond acceptors (Lipinski definition) is 2. The van der Waals surface area contributed by atoms with E-state index in [0.717, 1.165) is 12.8 Å². The molecular weight excluding hydrogens is 178 g/mol. The minimum absolute atomic E-state index is 0.00509. The Morgan fingerprint density at radius 1 is 1.14 bits per heavy atom. The van der Waals surface area contributed by atoms with Gasteiger partial charge in [-0.15, -0.1) is 0 Å². The molecule has 3 heteroatoms. The van der Waals surface area contributed by atoms with Crippen molar-refractivity contribution in [1.82, 2.24) is 4.90 Å². The number of hydrogen-bond donors (Lipinski definition) is 0. The van der Waals surface area contributed by atoms with Crippen LogP contribution in [0.2, 0.25) is 0 Å². The lowest BCUT2D eigenvalue weighted by molar-refractivity contribution is -0.148. The summed E-state index contributed by atoms with van der Waals surface area (Å²) in [6.07, 6.45) is 2.68. The monoisotopic (exact) mass is 197 g/mol. The van der Waals surface area contributed by atoms with E-state index in [1.54, 1.807) is 0 Å². The smallest absolute Gasteiger partial charge is 0.229 e. The highest BCUT2D eigenvalue weighted by atomic mass is 16.2. The van der Waals surface area contributed by atoms with Crippen molar-refractivity contribution in [1.29, 1.82) is 0 Å². The molecule has 80 valence electrons. The summed E-state index contributed by atoms with van der Waals surface area (Å²) in [4.78, 5) is 24.3. The second-order valence-electron chi connectivity index (χ2n) is 5.10. The van der Waals surface area contributed by atoms with E-state index in [2.05, 4.69) is 20.8 Å². The van der Waals surface area contributed by atoms with Gasteiger partial charge < -0.3 is 0 Å². The molecule has 0 saturated carbocycles. The predicted octanol–water partition coefficient (Wildman–Crippen LogP) is 1.96. The summed E-state index contributed by atoms with van der Waals surface area (Å²) in [6, 6.07) is 0. The third-order valence-electron chi connectivity index (χ3n) is 2.47. The van der Waals surface area contributed by atoms with Gasteiger partial charge in [-0.2, -0.15) is 0 Å². The molecule has 1 rings (SSSR count). The first-order chi connectivity index (χ1) is 6.40. The van der Waals surface area contributed by atoms with E-state index >= 15 is 0 Å². The van der Waals surface area contributed by atoms with E-state index in [1.807, 2.05) is 0 Å². The number of imide groups is 1. The standard InChI is InChI=1S/C11H19NO2/c1-11(2,3)7-8-12-9(13)5-4-6-10(12)14/h4-8H2,1-3H3. The van der Waals surface area contributed by atoms with E-state index in [1.165, 1.54) is 4.90 Å². The van der Waals surface area contributed by atoms with Crippen molar-refractivity contribution < 1.29 is 9.59 Å². The topological polar surface area (TPSA) is 37.4 Å². The van der Waals surface area contributed by atoms with Gasteiger partial charge in [-0.05, 0) is 18.3 Å². The summed E-state index contributed by atoms with van der Waals surface area (Å²) < 4.78 is 0. The zero-order valence-corrected chi connectivity index (χ0v) is 9.30. The molecule has 1 aliphatic heterocycles. The van der Waals surface area contributed by atoms with Gasteiger partial charge in [0, 0.05) is 19.4 Å². The highest BCUT2D eigenvalue weighted by Gasteiger charge is 2.26. The van der Waals surface area contributed by atoms with Crippen molar-refractivity contribution in [2.75, 3.05) is 6.54 Å². The summed E-state index contributed by atoms with van der Waals surface area (Å²) in [6.45, 7) is 6.94. The van der Waals surface area contributed by atoms with Gasteiger partial charge in [-0.1, -0.05) is 20.8 Å². The van der Waals surface area contributed by atoms with E-state index in [4.69, 9.17) is 0 Å². The zero-order chi connectivity index (χ0) is 10.8. The van der Waals surface area contributed by atoms with Crippen LogP contribution in [0.25, 0.3) is 0 Å². The number of carbonyl (C=O) groups is 2. The highest BCUT2D eigenvalue weighted by Crippen LogP contribution is 2.21. The number of piperidine rings is 1. The van der Waals surface area contributed by atoms with Gasteiger partial charge in [0.25, 0.3) is 0 Å². The molecule has 1 fully saturated rings. The van der Waals surface area contributed by atoms with Crippen LogP contribution in [0.1, 0.15) is 46.5 Å². The summed E-state index contributed by atoms with van der Waals surface area (Å²) >= 11 is 0. The molecule has 1 aliphatic rings. The fraction of sp³-hybridized carbons (Fsp3) is 0.818. The third kappa shape index (κ3) is 3.13. The summed E-state index contributed by atoms with van der Waals surface area (Å²) in [7, 11) is 0. The molecule has 0 spiro atoms. The van der Waals surface area contributed by atoms with Gasteiger partial charge in [0.1, 0.15) is 0 Å². The third-order valence-corrected chi connectivity index (χ3v) is 2.47. The van der Waals surface area contributed by atoms with Crippen molar-refractivity contribution in [2.45, 2.75) is 46.5 Å². The van der Waals surface area contributed by atoms with Gasteiger partial charge >= 0.3 is 0 Å². The second-order valence-corrected chi connectivity index (χ2v) is 5.10. The summed E-state index contributed by atoms with van der Waals surface area (Å²) in [5, 5.41) is 0. The van der Waals surface area contributed by atoms with Crippen molar-refractivity contribution in [3.8, 4) is 0 Å². The maximum absolute atomic E-state index is 11.4. The molecule has 1 saturated heterocycles. The number of amides is 2. The maximum atomic E-state index is 11.4. The molecule has 0 bridgehead atoms.